The van der Waals surface area contributed by atoms with Crippen molar-refractivity contribution in [2.45, 2.75) is 44.8 Å². The van der Waals surface area contributed by atoms with Gasteiger partial charge in [-0.15, -0.1) is 0 Å². The maximum atomic E-state index is 10.0. The molecule has 2 atom stereocenters. The zero-order valence-electron chi connectivity index (χ0n) is 13.6. The zero-order valence-corrected chi connectivity index (χ0v) is 13.6. The fraction of sp³-hybridized carbons (Fsp3) is 0.333. The van der Waals surface area contributed by atoms with Gasteiger partial charge in [-0.3, -0.25) is 0 Å². The Balaban J connectivity index is 1.72. The van der Waals surface area contributed by atoms with Crippen molar-refractivity contribution >= 4 is 0 Å². The molecule has 1 fully saturated rings. The molecule has 120 valence electrons. The molecule has 0 radical (unpaired) electrons. The van der Waals surface area contributed by atoms with Gasteiger partial charge >= 0.3 is 0 Å². The lowest BCUT2D eigenvalue weighted by Gasteiger charge is -2.33. The molecule has 2 nitrogen and oxygen atoms in total. The van der Waals surface area contributed by atoms with Crippen LogP contribution in [-0.4, -0.2) is 11.2 Å². The lowest BCUT2D eigenvalue weighted by molar-refractivity contribution is -0.0265. The third-order valence-electron chi connectivity index (χ3n) is 4.57. The molecule has 2 heteroatoms. The first-order valence-corrected chi connectivity index (χ1v) is 8.37. The van der Waals surface area contributed by atoms with Gasteiger partial charge in [0.2, 0.25) is 0 Å². The molecule has 2 aromatic carbocycles. The first-order valence-electron chi connectivity index (χ1n) is 8.37. The van der Waals surface area contributed by atoms with Gasteiger partial charge in [0.05, 0.1) is 18.0 Å². The summed E-state index contributed by atoms with van der Waals surface area (Å²) in [6.45, 7) is 1.77. The predicted octanol–water partition coefficient (Wildman–Crippen LogP) is 5.37. The highest BCUT2D eigenvalue weighted by Gasteiger charge is 2.28. The van der Waals surface area contributed by atoms with Crippen molar-refractivity contribution in [1.29, 1.82) is 0 Å². The Labute approximate surface area is 138 Å². The topological polar surface area (TPSA) is 29.5 Å². The quantitative estimate of drug-likeness (QED) is 0.769. The number of allylic oxidation sites excluding steroid dienone is 1. The maximum Gasteiger partial charge on any atom is 0.0909 e. The normalized spacial score (nSPS) is 23.5. The Morgan fingerprint density at radius 2 is 1.70 bits per heavy atom. The molecule has 0 aliphatic carbocycles. The number of aliphatic hydroxyl groups excluding tert-OH is 1. The number of hydrogen-bond donors (Lipinski definition) is 1. The van der Waals surface area contributed by atoms with E-state index in [1.54, 1.807) is 6.92 Å². The summed E-state index contributed by atoms with van der Waals surface area (Å²) in [5.41, 5.74) is 3.60. The van der Waals surface area contributed by atoms with E-state index in [9.17, 15) is 5.11 Å². The van der Waals surface area contributed by atoms with E-state index in [4.69, 9.17) is 4.74 Å². The fourth-order valence-corrected chi connectivity index (χ4v) is 3.31. The van der Waals surface area contributed by atoms with Crippen molar-refractivity contribution in [3.63, 3.8) is 0 Å². The van der Waals surface area contributed by atoms with Crippen molar-refractivity contribution in [3.05, 3.63) is 83.1 Å². The summed E-state index contributed by atoms with van der Waals surface area (Å²) in [5.74, 6) is 0.426. The molecule has 0 unspecified atom stereocenters. The summed E-state index contributed by atoms with van der Waals surface area (Å²) < 4.78 is 6.35. The average molecular weight is 308 g/mol. The van der Waals surface area contributed by atoms with E-state index in [0.717, 1.165) is 31.3 Å². The number of ether oxygens (including phenoxy) is 1. The van der Waals surface area contributed by atoms with E-state index in [2.05, 4.69) is 48.5 Å². The Hall–Kier alpha value is -2.06. The third-order valence-corrected chi connectivity index (χ3v) is 4.57. The first-order chi connectivity index (χ1) is 11.2. The van der Waals surface area contributed by atoms with Crippen LogP contribution in [0.1, 0.15) is 43.4 Å². The van der Waals surface area contributed by atoms with Gasteiger partial charge in [-0.25, -0.2) is 0 Å². The molecule has 0 amide bonds. The molecule has 3 rings (SSSR count). The van der Waals surface area contributed by atoms with Crippen LogP contribution in [0.4, 0.5) is 0 Å². The highest BCUT2D eigenvalue weighted by molar-refractivity contribution is 5.23. The van der Waals surface area contributed by atoms with Crippen LogP contribution in [0.15, 0.2) is 72.0 Å². The summed E-state index contributed by atoms with van der Waals surface area (Å²) in [6, 6.07) is 20.9. The molecular weight excluding hydrogens is 284 g/mol. The molecular formula is C21H24O2. The minimum Gasteiger partial charge on any atom is -0.513 e. The van der Waals surface area contributed by atoms with Gasteiger partial charge in [-0.2, -0.15) is 0 Å². The van der Waals surface area contributed by atoms with Crippen molar-refractivity contribution in [1.82, 2.24) is 0 Å². The second-order valence-electron chi connectivity index (χ2n) is 6.20. The van der Waals surface area contributed by atoms with Gasteiger partial charge in [0.25, 0.3) is 0 Å². The number of benzene rings is 2. The SMILES string of the molecule is C/C(O)=C1/CC[C@@H](c2ccccc2)O[C@H]1CCc1ccccc1. The van der Waals surface area contributed by atoms with E-state index in [-0.39, 0.29) is 12.2 Å². The molecule has 1 N–H and O–H groups in total. The largest absolute Gasteiger partial charge is 0.513 e. The van der Waals surface area contributed by atoms with Gasteiger partial charge in [0.1, 0.15) is 0 Å². The second-order valence-corrected chi connectivity index (χ2v) is 6.20. The maximum absolute atomic E-state index is 10.0. The van der Waals surface area contributed by atoms with Gasteiger partial charge in [0.15, 0.2) is 0 Å². The Bertz CT molecular complexity index is 642. The van der Waals surface area contributed by atoms with E-state index in [1.165, 1.54) is 11.1 Å². The zero-order chi connectivity index (χ0) is 16.1. The van der Waals surface area contributed by atoms with Crippen LogP contribution in [0.3, 0.4) is 0 Å². The monoisotopic (exact) mass is 308 g/mol. The van der Waals surface area contributed by atoms with Crippen LogP contribution >= 0.6 is 0 Å². The van der Waals surface area contributed by atoms with Gasteiger partial charge in [-0.05, 0) is 49.3 Å². The van der Waals surface area contributed by atoms with Crippen molar-refractivity contribution in [3.8, 4) is 0 Å². The number of aliphatic hydroxyl groups is 1. The molecule has 0 saturated carbocycles. The van der Waals surface area contributed by atoms with E-state index >= 15 is 0 Å². The Kier molecular flexibility index (Phi) is 5.14. The average Bonchev–Trinajstić information content (AvgIpc) is 2.61. The first kappa shape index (κ1) is 15.8. The van der Waals surface area contributed by atoms with Crippen molar-refractivity contribution < 1.29 is 9.84 Å². The molecule has 23 heavy (non-hydrogen) atoms. The van der Waals surface area contributed by atoms with Gasteiger partial charge in [-0.1, -0.05) is 60.7 Å². The van der Waals surface area contributed by atoms with Crippen molar-refractivity contribution in [2.75, 3.05) is 0 Å². The fourth-order valence-electron chi connectivity index (χ4n) is 3.31. The van der Waals surface area contributed by atoms with Crippen LogP contribution in [0, 0.1) is 0 Å². The highest BCUT2D eigenvalue weighted by Crippen LogP contribution is 2.36. The summed E-state index contributed by atoms with van der Waals surface area (Å²) >= 11 is 0. The number of hydrogen-bond acceptors (Lipinski definition) is 2. The molecule has 1 aliphatic heterocycles. The molecule has 2 aromatic rings. The Morgan fingerprint density at radius 1 is 1.04 bits per heavy atom. The lowest BCUT2D eigenvalue weighted by atomic mass is 9.90. The lowest BCUT2D eigenvalue weighted by Crippen LogP contribution is -2.26. The van der Waals surface area contributed by atoms with Crippen LogP contribution in [0.25, 0.3) is 0 Å². The van der Waals surface area contributed by atoms with Crippen LogP contribution in [-0.2, 0) is 11.2 Å². The minimum atomic E-state index is -0.000776. The van der Waals surface area contributed by atoms with Crippen LogP contribution in [0.5, 0.6) is 0 Å². The molecule has 0 spiro atoms. The molecule has 0 bridgehead atoms. The van der Waals surface area contributed by atoms with E-state index < -0.39 is 0 Å². The van der Waals surface area contributed by atoms with Crippen LogP contribution < -0.4 is 0 Å². The number of rotatable bonds is 4. The summed E-state index contributed by atoms with van der Waals surface area (Å²) in [4.78, 5) is 0. The predicted molar refractivity (Wildman–Crippen MR) is 93.4 cm³/mol. The van der Waals surface area contributed by atoms with Gasteiger partial charge < -0.3 is 9.84 Å². The summed E-state index contributed by atoms with van der Waals surface area (Å²) in [6.07, 6.45) is 3.82. The standard InChI is InChI=1S/C21H24O2/c1-16(22)19-13-15-20(18-10-6-3-7-11-18)23-21(19)14-12-17-8-4-2-5-9-17/h2-11,20-22H,12-15H2,1H3/b19-16+/t20-,21-/m0/s1. The molecule has 1 aliphatic rings. The second kappa shape index (κ2) is 7.47. The summed E-state index contributed by atoms with van der Waals surface area (Å²) in [5, 5.41) is 10.0. The molecule has 0 aromatic heterocycles. The third kappa shape index (κ3) is 4.02. The Morgan fingerprint density at radius 3 is 2.35 bits per heavy atom. The highest BCUT2D eigenvalue weighted by atomic mass is 16.5. The van der Waals surface area contributed by atoms with E-state index in [0.29, 0.717) is 5.76 Å². The summed E-state index contributed by atoms with van der Waals surface area (Å²) in [7, 11) is 0. The minimum absolute atomic E-state index is 0.000776. The van der Waals surface area contributed by atoms with Gasteiger partial charge in [0, 0.05) is 0 Å². The van der Waals surface area contributed by atoms with Crippen LogP contribution in [0.2, 0.25) is 0 Å². The van der Waals surface area contributed by atoms with E-state index in [1.807, 2.05) is 12.1 Å². The molecule has 1 saturated heterocycles. The smallest absolute Gasteiger partial charge is 0.0909 e. The number of aryl methyl sites for hydroxylation is 1. The molecule has 1 heterocycles. The van der Waals surface area contributed by atoms with Crippen molar-refractivity contribution in [2.24, 2.45) is 0 Å².